The van der Waals surface area contributed by atoms with Crippen LogP contribution in [-0.2, 0) is 15.1 Å². The van der Waals surface area contributed by atoms with Gasteiger partial charge in [-0.1, -0.05) is 12.0 Å². The van der Waals surface area contributed by atoms with E-state index >= 15 is 0 Å². The molecule has 0 bridgehead atoms. The Morgan fingerprint density at radius 1 is 1.53 bits per heavy atom. The quantitative estimate of drug-likeness (QED) is 0.654. The predicted octanol–water partition coefficient (Wildman–Crippen LogP) is 1.97. The van der Waals surface area contributed by atoms with Gasteiger partial charge in [0.05, 0.1) is 13.2 Å². The Hall–Kier alpha value is -1.93. The molecule has 0 fully saturated rings. The molecule has 0 saturated carbocycles. The van der Waals surface area contributed by atoms with E-state index in [9.17, 15) is 13.6 Å². The molecule has 19 heavy (non-hydrogen) atoms. The molecular weight excluding hydrogens is 252 g/mol. The van der Waals surface area contributed by atoms with E-state index in [4.69, 9.17) is 11.2 Å². The minimum atomic E-state index is -1.46. The van der Waals surface area contributed by atoms with E-state index in [1.165, 1.54) is 13.0 Å². The van der Waals surface area contributed by atoms with Crippen molar-refractivity contribution < 1.29 is 18.3 Å². The fourth-order valence-electron chi connectivity index (χ4n) is 1.68. The van der Waals surface area contributed by atoms with Crippen LogP contribution in [0.3, 0.4) is 0 Å². The number of terminal acetylenes is 1. The summed E-state index contributed by atoms with van der Waals surface area (Å²) >= 11 is 0. The van der Waals surface area contributed by atoms with Crippen LogP contribution >= 0.6 is 0 Å². The molecule has 0 spiro atoms. The van der Waals surface area contributed by atoms with Gasteiger partial charge in [0.2, 0.25) is 0 Å². The van der Waals surface area contributed by atoms with E-state index in [-0.39, 0.29) is 18.7 Å². The molecule has 1 aromatic rings. The highest BCUT2D eigenvalue weighted by molar-refractivity contribution is 5.82. The SMILES string of the molecule is C#CCNC(C)(C(=O)OCC)c1ccc(F)cc1F. The van der Waals surface area contributed by atoms with Crippen LogP contribution in [0, 0.1) is 24.0 Å². The van der Waals surface area contributed by atoms with Gasteiger partial charge < -0.3 is 4.74 Å². The standard InChI is InChI=1S/C14H15F2NO2/c1-4-8-17-14(3,13(18)19-5-2)11-7-6-10(15)9-12(11)16/h1,6-7,9,17H,5,8H2,2-3H3. The maximum Gasteiger partial charge on any atom is 0.330 e. The fourth-order valence-corrected chi connectivity index (χ4v) is 1.68. The van der Waals surface area contributed by atoms with E-state index in [1.54, 1.807) is 6.92 Å². The molecule has 0 heterocycles. The average molecular weight is 267 g/mol. The zero-order valence-electron chi connectivity index (χ0n) is 10.8. The van der Waals surface area contributed by atoms with Crippen LogP contribution < -0.4 is 5.32 Å². The number of carbonyl (C=O) groups excluding carboxylic acids is 1. The van der Waals surface area contributed by atoms with Gasteiger partial charge in [-0.15, -0.1) is 6.42 Å². The third-order valence-corrected chi connectivity index (χ3v) is 2.70. The molecule has 0 aliphatic heterocycles. The van der Waals surface area contributed by atoms with Gasteiger partial charge >= 0.3 is 5.97 Å². The summed E-state index contributed by atoms with van der Waals surface area (Å²) in [5, 5.41) is 2.73. The number of hydrogen-bond donors (Lipinski definition) is 1. The first kappa shape index (κ1) is 15.1. The van der Waals surface area contributed by atoms with Gasteiger partial charge in [-0.05, 0) is 19.9 Å². The number of benzene rings is 1. The van der Waals surface area contributed by atoms with Crippen molar-refractivity contribution >= 4 is 5.97 Å². The Bertz CT molecular complexity index is 511. The first-order valence-electron chi connectivity index (χ1n) is 5.77. The second-order valence-corrected chi connectivity index (χ2v) is 4.03. The third-order valence-electron chi connectivity index (χ3n) is 2.70. The van der Waals surface area contributed by atoms with Crippen molar-refractivity contribution in [2.45, 2.75) is 19.4 Å². The maximum atomic E-state index is 13.8. The average Bonchev–Trinajstić information content (AvgIpc) is 2.36. The number of hydrogen-bond acceptors (Lipinski definition) is 3. The van der Waals surface area contributed by atoms with E-state index in [0.717, 1.165) is 6.07 Å². The molecule has 5 heteroatoms. The summed E-state index contributed by atoms with van der Waals surface area (Å²) in [6, 6.07) is 2.99. The molecule has 1 rings (SSSR count). The summed E-state index contributed by atoms with van der Waals surface area (Å²) in [6.07, 6.45) is 5.13. The third kappa shape index (κ3) is 3.30. The molecule has 1 N–H and O–H groups in total. The monoisotopic (exact) mass is 267 g/mol. The highest BCUT2D eigenvalue weighted by Gasteiger charge is 2.38. The summed E-state index contributed by atoms with van der Waals surface area (Å²) in [7, 11) is 0. The lowest BCUT2D eigenvalue weighted by Crippen LogP contribution is -2.48. The minimum Gasteiger partial charge on any atom is -0.464 e. The number of carbonyl (C=O) groups is 1. The van der Waals surface area contributed by atoms with Crippen molar-refractivity contribution in [2.24, 2.45) is 0 Å². The second-order valence-electron chi connectivity index (χ2n) is 4.03. The van der Waals surface area contributed by atoms with Crippen LogP contribution in [-0.4, -0.2) is 19.1 Å². The molecule has 0 amide bonds. The van der Waals surface area contributed by atoms with Crippen molar-refractivity contribution in [3.8, 4) is 12.3 Å². The molecule has 0 radical (unpaired) electrons. The Balaban J connectivity index is 3.22. The van der Waals surface area contributed by atoms with Crippen LogP contribution in [0.5, 0.6) is 0 Å². The normalized spacial score (nSPS) is 13.4. The van der Waals surface area contributed by atoms with Gasteiger partial charge in [0.15, 0.2) is 0 Å². The summed E-state index contributed by atoms with van der Waals surface area (Å²) in [6.45, 7) is 3.28. The predicted molar refractivity (Wildman–Crippen MR) is 67.2 cm³/mol. The van der Waals surface area contributed by atoms with Crippen molar-refractivity contribution in [3.05, 3.63) is 35.4 Å². The molecule has 1 unspecified atom stereocenters. The van der Waals surface area contributed by atoms with E-state index < -0.39 is 23.1 Å². The number of halogens is 2. The van der Waals surface area contributed by atoms with E-state index in [0.29, 0.717) is 6.07 Å². The number of rotatable bonds is 5. The topological polar surface area (TPSA) is 38.3 Å². The van der Waals surface area contributed by atoms with Crippen LogP contribution in [0.25, 0.3) is 0 Å². The highest BCUT2D eigenvalue weighted by Crippen LogP contribution is 2.25. The van der Waals surface area contributed by atoms with Gasteiger partial charge in [-0.3, -0.25) is 5.32 Å². The van der Waals surface area contributed by atoms with Crippen LogP contribution in [0.4, 0.5) is 8.78 Å². The van der Waals surface area contributed by atoms with Crippen molar-refractivity contribution in [1.29, 1.82) is 0 Å². The lowest BCUT2D eigenvalue weighted by molar-refractivity contribution is -0.151. The largest absolute Gasteiger partial charge is 0.464 e. The zero-order chi connectivity index (χ0) is 14.5. The first-order chi connectivity index (χ1) is 8.95. The van der Waals surface area contributed by atoms with Gasteiger partial charge in [0, 0.05) is 11.6 Å². The van der Waals surface area contributed by atoms with Gasteiger partial charge in [0.25, 0.3) is 0 Å². The lowest BCUT2D eigenvalue weighted by Gasteiger charge is -2.28. The Morgan fingerprint density at radius 3 is 2.74 bits per heavy atom. The maximum absolute atomic E-state index is 13.8. The molecule has 0 aromatic heterocycles. The lowest BCUT2D eigenvalue weighted by atomic mass is 9.91. The molecule has 0 aliphatic carbocycles. The zero-order valence-corrected chi connectivity index (χ0v) is 10.8. The molecule has 0 saturated heterocycles. The van der Waals surface area contributed by atoms with Gasteiger partial charge in [0.1, 0.15) is 17.2 Å². The molecule has 3 nitrogen and oxygen atoms in total. The fraction of sp³-hybridized carbons (Fsp3) is 0.357. The summed E-state index contributed by atoms with van der Waals surface area (Å²) in [5.41, 5.74) is -1.47. The Morgan fingerprint density at radius 2 is 2.21 bits per heavy atom. The molecule has 1 aromatic carbocycles. The van der Waals surface area contributed by atoms with Crippen molar-refractivity contribution in [2.75, 3.05) is 13.2 Å². The Labute approximate surface area is 111 Å². The number of nitrogens with one attached hydrogen (secondary N) is 1. The smallest absolute Gasteiger partial charge is 0.330 e. The van der Waals surface area contributed by atoms with Crippen LogP contribution in [0.2, 0.25) is 0 Å². The summed E-state index contributed by atoms with van der Waals surface area (Å²) in [5.74, 6) is 0.0836. The van der Waals surface area contributed by atoms with Gasteiger partial charge in [-0.25, -0.2) is 13.6 Å². The van der Waals surface area contributed by atoms with E-state index in [2.05, 4.69) is 11.2 Å². The van der Waals surface area contributed by atoms with Gasteiger partial charge in [-0.2, -0.15) is 0 Å². The summed E-state index contributed by atoms with van der Waals surface area (Å²) < 4.78 is 31.7. The molecule has 102 valence electrons. The van der Waals surface area contributed by atoms with E-state index in [1.807, 2.05) is 0 Å². The Kier molecular flexibility index (Phi) is 5.02. The first-order valence-corrected chi connectivity index (χ1v) is 5.77. The van der Waals surface area contributed by atoms with Crippen molar-refractivity contribution in [1.82, 2.24) is 5.32 Å². The van der Waals surface area contributed by atoms with Crippen LogP contribution in [0.1, 0.15) is 19.4 Å². The summed E-state index contributed by atoms with van der Waals surface area (Å²) in [4.78, 5) is 12.0. The highest BCUT2D eigenvalue weighted by atomic mass is 19.1. The minimum absolute atomic E-state index is 0.0115. The molecule has 0 aliphatic rings. The second kappa shape index (κ2) is 6.30. The van der Waals surface area contributed by atoms with Crippen molar-refractivity contribution in [3.63, 3.8) is 0 Å². The van der Waals surface area contributed by atoms with Crippen LogP contribution in [0.15, 0.2) is 18.2 Å². The molecular formula is C14H15F2NO2. The number of ether oxygens (including phenoxy) is 1. The number of esters is 1. The molecule has 1 atom stereocenters.